The van der Waals surface area contributed by atoms with E-state index in [9.17, 15) is 19.2 Å². The molecule has 24 heavy (non-hydrogen) atoms. The Hall–Kier alpha value is -1.42. The molecule has 0 aromatic rings. The van der Waals surface area contributed by atoms with Crippen LogP contribution in [0.15, 0.2) is 0 Å². The largest absolute Gasteiger partial charge is 0.465 e. The summed E-state index contributed by atoms with van der Waals surface area (Å²) in [5.74, 6) is -0.205. The number of esters is 2. The zero-order valence-corrected chi connectivity index (χ0v) is 15.6. The smallest absolute Gasteiger partial charge is 0.325 e. The van der Waals surface area contributed by atoms with E-state index in [0.29, 0.717) is 11.5 Å². The first-order valence-corrected chi connectivity index (χ1v) is 10.1. The number of amides is 2. The molecule has 0 rings (SSSR count). The fraction of sp³-hybridized carbons (Fsp3) is 0.714. The SMILES string of the molecule is CCOC(=O)CNC(=O)CCSSCCC(=O)NCC(=O)OCC. The second-order valence-corrected chi connectivity index (χ2v) is 7.01. The maximum Gasteiger partial charge on any atom is 0.325 e. The van der Waals surface area contributed by atoms with Crippen LogP contribution in [-0.4, -0.2) is 61.6 Å². The maximum absolute atomic E-state index is 11.4. The second kappa shape index (κ2) is 15.1. The third-order valence-corrected chi connectivity index (χ3v) is 4.79. The Balaban J connectivity index is 3.49. The van der Waals surface area contributed by atoms with Gasteiger partial charge in [0.2, 0.25) is 11.8 Å². The van der Waals surface area contributed by atoms with E-state index in [2.05, 4.69) is 10.6 Å². The lowest BCUT2D eigenvalue weighted by molar-refractivity contribution is -0.143. The summed E-state index contributed by atoms with van der Waals surface area (Å²) in [4.78, 5) is 45.0. The van der Waals surface area contributed by atoms with Crippen LogP contribution >= 0.6 is 21.6 Å². The van der Waals surface area contributed by atoms with Gasteiger partial charge >= 0.3 is 11.9 Å². The first kappa shape index (κ1) is 22.6. The number of hydrogen-bond donors (Lipinski definition) is 2. The molecule has 0 aliphatic heterocycles. The van der Waals surface area contributed by atoms with Crippen LogP contribution in [0.2, 0.25) is 0 Å². The van der Waals surface area contributed by atoms with E-state index in [4.69, 9.17) is 9.47 Å². The van der Waals surface area contributed by atoms with E-state index in [-0.39, 0.29) is 51.0 Å². The Morgan fingerprint density at radius 1 is 0.750 bits per heavy atom. The fourth-order valence-corrected chi connectivity index (χ4v) is 3.31. The Morgan fingerprint density at radius 3 is 1.46 bits per heavy atom. The van der Waals surface area contributed by atoms with Crippen LogP contribution in [0.4, 0.5) is 0 Å². The average molecular weight is 380 g/mol. The minimum atomic E-state index is -0.457. The predicted octanol–water partition coefficient (Wildman–Crippen LogP) is 0.507. The van der Waals surface area contributed by atoms with Crippen molar-refractivity contribution in [3.8, 4) is 0 Å². The van der Waals surface area contributed by atoms with Crippen molar-refractivity contribution in [2.45, 2.75) is 26.7 Å². The van der Waals surface area contributed by atoms with Gasteiger partial charge in [-0.1, -0.05) is 21.6 Å². The highest BCUT2D eigenvalue weighted by Gasteiger charge is 2.07. The molecule has 0 saturated carbocycles. The molecule has 10 heteroatoms. The van der Waals surface area contributed by atoms with Gasteiger partial charge in [-0.3, -0.25) is 19.2 Å². The normalized spacial score (nSPS) is 9.92. The molecule has 0 radical (unpaired) electrons. The molecule has 0 aromatic carbocycles. The average Bonchev–Trinajstić information content (AvgIpc) is 2.54. The van der Waals surface area contributed by atoms with Crippen molar-refractivity contribution in [2.24, 2.45) is 0 Å². The van der Waals surface area contributed by atoms with E-state index in [1.165, 1.54) is 21.6 Å². The van der Waals surface area contributed by atoms with Crippen molar-refractivity contribution in [3.05, 3.63) is 0 Å². The van der Waals surface area contributed by atoms with Crippen molar-refractivity contribution in [3.63, 3.8) is 0 Å². The maximum atomic E-state index is 11.4. The molecule has 0 unspecified atom stereocenters. The fourth-order valence-electron chi connectivity index (χ4n) is 1.33. The first-order chi connectivity index (χ1) is 11.5. The van der Waals surface area contributed by atoms with Gasteiger partial charge in [0, 0.05) is 24.3 Å². The quantitative estimate of drug-likeness (QED) is 0.270. The first-order valence-electron chi connectivity index (χ1n) is 7.58. The molecule has 0 saturated heterocycles. The number of ether oxygens (including phenoxy) is 2. The topological polar surface area (TPSA) is 111 Å². The summed E-state index contributed by atoms with van der Waals surface area (Å²) in [5, 5.41) is 4.94. The van der Waals surface area contributed by atoms with Gasteiger partial charge in [-0.05, 0) is 13.8 Å². The van der Waals surface area contributed by atoms with Crippen LogP contribution in [0.25, 0.3) is 0 Å². The molecule has 0 aliphatic rings. The zero-order chi connectivity index (χ0) is 18.2. The molecule has 2 N–H and O–H groups in total. The minimum Gasteiger partial charge on any atom is -0.465 e. The van der Waals surface area contributed by atoms with Gasteiger partial charge in [0.05, 0.1) is 13.2 Å². The molecule has 0 aliphatic carbocycles. The van der Waals surface area contributed by atoms with Crippen molar-refractivity contribution in [1.82, 2.24) is 10.6 Å². The van der Waals surface area contributed by atoms with E-state index in [1.54, 1.807) is 13.8 Å². The Morgan fingerprint density at radius 2 is 1.12 bits per heavy atom. The number of carbonyl (C=O) groups is 4. The van der Waals surface area contributed by atoms with Crippen LogP contribution in [0, 0.1) is 0 Å². The van der Waals surface area contributed by atoms with Gasteiger partial charge < -0.3 is 20.1 Å². The van der Waals surface area contributed by atoms with Crippen LogP contribution in [-0.2, 0) is 28.7 Å². The molecular formula is C14H24N2O6S2. The Bertz CT molecular complexity index is 382. The highest BCUT2D eigenvalue weighted by molar-refractivity contribution is 8.76. The molecule has 0 fully saturated rings. The van der Waals surface area contributed by atoms with E-state index in [1.807, 2.05) is 0 Å². The Kier molecular flexibility index (Phi) is 14.2. The minimum absolute atomic E-state index is 0.120. The molecule has 0 heterocycles. The molecule has 138 valence electrons. The van der Waals surface area contributed by atoms with Crippen molar-refractivity contribution in [2.75, 3.05) is 37.8 Å². The summed E-state index contributed by atoms with van der Waals surface area (Å²) in [6, 6.07) is 0. The lowest BCUT2D eigenvalue weighted by atomic mass is 10.4. The van der Waals surface area contributed by atoms with E-state index in [0.717, 1.165) is 0 Å². The molecule has 2 amide bonds. The molecular weight excluding hydrogens is 356 g/mol. The summed E-state index contributed by atoms with van der Waals surface area (Å²) >= 11 is 0. The van der Waals surface area contributed by atoms with Crippen molar-refractivity contribution in [1.29, 1.82) is 0 Å². The highest BCUT2D eigenvalue weighted by atomic mass is 33.1. The monoisotopic (exact) mass is 380 g/mol. The molecule has 0 spiro atoms. The van der Waals surface area contributed by atoms with Crippen LogP contribution in [0.3, 0.4) is 0 Å². The summed E-state index contributed by atoms with van der Waals surface area (Å²) in [6.07, 6.45) is 0.568. The van der Waals surface area contributed by atoms with Crippen LogP contribution in [0.1, 0.15) is 26.7 Å². The summed E-state index contributed by atoms with van der Waals surface area (Å²) in [5.41, 5.74) is 0. The molecule has 0 bridgehead atoms. The summed E-state index contributed by atoms with van der Waals surface area (Å²) in [6.45, 7) is 3.73. The van der Waals surface area contributed by atoms with Gasteiger partial charge in [-0.15, -0.1) is 0 Å². The van der Waals surface area contributed by atoms with E-state index < -0.39 is 11.9 Å². The second-order valence-electron chi connectivity index (χ2n) is 4.31. The lowest BCUT2D eigenvalue weighted by Gasteiger charge is -2.05. The van der Waals surface area contributed by atoms with Gasteiger partial charge in [0.15, 0.2) is 0 Å². The number of nitrogens with one attached hydrogen (secondary N) is 2. The molecule has 0 aromatic heterocycles. The molecule has 0 atom stereocenters. The summed E-state index contributed by atoms with van der Waals surface area (Å²) in [7, 11) is 2.94. The zero-order valence-electron chi connectivity index (χ0n) is 13.9. The predicted molar refractivity (Wildman–Crippen MR) is 93.4 cm³/mol. The summed E-state index contributed by atoms with van der Waals surface area (Å²) < 4.78 is 9.38. The van der Waals surface area contributed by atoms with Crippen LogP contribution in [0.5, 0.6) is 0 Å². The van der Waals surface area contributed by atoms with Crippen LogP contribution < -0.4 is 10.6 Å². The van der Waals surface area contributed by atoms with Gasteiger partial charge in [-0.2, -0.15) is 0 Å². The Labute approximate surface area is 149 Å². The van der Waals surface area contributed by atoms with Gasteiger partial charge in [-0.25, -0.2) is 0 Å². The van der Waals surface area contributed by atoms with E-state index >= 15 is 0 Å². The lowest BCUT2D eigenvalue weighted by Crippen LogP contribution is -2.30. The van der Waals surface area contributed by atoms with Gasteiger partial charge in [0.1, 0.15) is 13.1 Å². The standard InChI is InChI=1S/C14H24N2O6S2/c1-3-21-13(19)9-15-11(17)5-7-23-24-8-6-12(18)16-10-14(20)22-4-2/h3-10H2,1-2H3,(H,15,17)(H,16,18). The third kappa shape index (κ3) is 14.2. The number of rotatable bonds is 13. The van der Waals surface area contributed by atoms with Gasteiger partial charge in [0.25, 0.3) is 0 Å². The van der Waals surface area contributed by atoms with Crippen molar-refractivity contribution >= 4 is 45.3 Å². The number of carbonyl (C=O) groups excluding carboxylic acids is 4. The number of hydrogen-bond acceptors (Lipinski definition) is 8. The highest BCUT2D eigenvalue weighted by Crippen LogP contribution is 2.22. The molecule has 8 nitrogen and oxygen atoms in total. The van der Waals surface area contributed by atoms with Crippen molar-refractivity contribution < 1.29 is 28.7 Å². The third-order valence-electron chi connectivity index (χ3n) is 2.38.